The van der Waals surface area contributed by atoms with Gasteiger partial charge in [-0.3, -0.25) is 19.8 Å². The van der Waals surface area contributed by atoms with Crippen LogP contribution in [0.1, 0.15) is 36.0 Å². The van der Waals surface area contributed by atoms with E-state index in [0.29, 0.717) is 13.1 Å². The molecular weight excluding hydrogens is 404 g/mol. The van der Waals surface area contributed by atoms with Crippen molar-refractivity contribution in [3.8, 4) is 0 Å². The lowest BCUT2D eigenvalue weighted by molar-refractivity contribution is -0.384. The summed E-state index contributed by atoms with van der Waals surface area (Å²) in [5.41, 5.74) is 4.94. The Labute approximate surface area is 189 Å². The van der Waals surface area contributed by atoms with E-state index in [1.807, 2.05) is 4.90 Å². The van der Waals surface area contributed by atoms with Gasteiger partial charge in [0.25, 0.3) is 5.69 Å². The van der Waals surface area contributed by atoms with Crippen molar-refractivity contribution in [3.63, 3.8) is 0 Å². The lowest BCUT2D eigenvalue weighted by Crippen LogP contribution is -2.56. The number of non-ortho nitro benzene ring substituents is 1. The van der Waals surface area contributed by atoms with Gasteiger partial charge in [-0.15, -0.1) is 0 Å². The fourth-order valence-electron chi connectivity index (χ4n) is 4.78. The van der Waals surface area contributed by atoms with Crippen molar-refractivity contribution in [2.75, 3.05) is 37.6 Å². The van der Waals surface area contributed by atoms with Gasteiger partial charge >= 0.3 is 0 Å². The summed E-state index contributed by atoms with van der Waals surface area (Å²) in [5, 5.41) is 10.9. The zero-order valence-electron chi connectivity index (χ0n) is 19.0. The molecule has 4 rings (SSSR count). The maximum atomic E-state index is 13.4. The van der Waals surface area contributed by atoms with Crippen LogP contribution in [0.25, 0.3) is 0 Å². The third kappa shape index (κ3) is 4.93. The first-order valence-electron chi connectivity index (χ1n) is 11.5. The number of carbonyl (C=O) groups is 1. The van der Waals surface area contributed by atoms with Crippen LogP contribution in [-0.2, 0) is 11.3 Å². The van der Waals surface area contributed by atoms with Gasteiger partial charge in [0, 0.05) is 50.5 Å². The number of hydrogen-bond acceptors (Lipinski definition) is 5. The van der Waals surface area contributed by atoms with Crippen molar-refractivity contribution >= 4 is 17.3 Å². The van der Waals surface area contributed by atoms with Crippen LogP contribution < -0.4 is 4.90 Å². The summed E-state index contributed by atoms with van der Waals surface area (Å²) in [7, 11) is 0. The lowest BCUT2D eigenvalue weighted by Gasteiger charge is -2.41. The van der Waals surface area contributed by atoms with Crippen LogP contribution in [0.5, 0.6) is 0 Å². The van der Waals surface area contributed by atoms with E-state index in [9.17, 15) is 14.9 Å². The maximum Gasteiger partial charge on any atom is 0.269 e. The molecular formula is C25H32N4O3. The fraction of sp³-hybridized carbons (Fsp3) is 0.480. The zero-order valence-corrected chi connectivity index (χ0v) is 19.0. The van der Waals surface area contributed by atoms with Crippen LogP contribution in [0, 0.1) is 24.0 Å². The smallest absolute Gasteiger partial charge is 0.269 e. The number of likely N-dealkylation sites (tertiary alicyclic amines) is 1. The van der Waals surface area contributed by atoms with E-state index < -0.39 is 0 Å². The Morgan fingerprint density at radius 2 is 1.69 bits per heavy atom. The number of anilines is 1. The summed E-state index contributed by atoms with van der Waals surface area (Å²) in [6, 6.07) is 13.2. The van der Waals surface area contributed by atoms with Gasteiger partial charge < -0.3 is 9.80 Å². The number of rotatable bonds is 5. The van der Waals surface area contributed by atoms with E-state index in [4.69, 9.17) is 0 Å². The third-order valence-electron chi connectivity index (χ3n) is 6.87. The SMILES string of the molecule is Cc1ccc(CN2CCCCC2C(=O)N2CCN(c3ccc([N+](=O)[O-])cc3)CC2)cc1C. The molecule has 2 saturated heterocycles. The quantitative estimate of drug-likeness (QED) is 0.525. The molecule has 0 N–H and O–H groups in total. The number of piperidine rings is 1. The molecule has 0 bridgehead atoms. The highest BCUT2D eigenvalue weighted by molar-refractivity contribution is 5.82. The largest absolute Gasteiger partial charge is 0.368 e. The van der Waals surface area contributed by atoms with Crippen LogP contribution in [-0.4, -0.2) is 59.4 Å². The summed E-state index contributed by atoms with van der Waals surface area (Å²) < 4.78 is 0. The number of carbonyl (C=O) groups excluding carboxylic acids is 1. The van der Waals surface area contributed by atoms with Crippen molar-refractivity contribution in [2.24, 2.45) is 0 Å². The number of benzene rings is 2. The molecule has 2 aliphatic heterocycles. The Morgan fingerprint density at radius 1 is 0.969 bits per heavy atom. The summed E-state index contributed by atoms with van der Waals surface area (Å²) in [6.07, 6.45) is 3.16. The molecule has 32 heavy (non-hydrogen) atoms. The molecule has 2 aromatic carbocycles. The van der Waals surface area contributed by atoms with Gasteiger partial charge in [0.15, 0.2) is 0 Å². The van der Waals surface area contributed by atoms with Crippen LogP contribution in [0.15, 0.2) is 42.5 Å². The second kappa shape index (κ2) is 9.69. The molecule has 0 saturated carbocycles. The third-order valence-corrected chi connectivity index (χ3v) is 6.87. The molecule has 170 valence electrons. The van der Waals surface area contributed by atoms with E-state index in [1.54, 1.807) is 24.3 Å². The molecule has 0 radical (unpaired) electrons. The average Bonchev–Trinajstić information content (AvgIpc) is 2.81. The molecule has 2 fully saturated rings. The minimum Gasteiger partial charge on any atom is -0.368 e. The molecule has 7 heteroatoms. The number of hydrogen-bond donors (Lipinski definition) is 0. The molecule has 1 unspecified atom stereocenters. The Morgan fingerprint density at radius 3 is 2.34 bits per heavy atom. The first-order chi connectivity index (χ1) is 15.4. The minimum atomic E-state index is -0.381. The van der Waals surface area contributed by atoms with Gasteiger partial charge in [0.2, 0.25) is 5.91 Å². The molecule has 2 heterocycles. The van der Waals surface area contributed by atoms with Gasteiger partial charge in [0.05, 0.1) is 11.0 Å². The van der Waals surface area contributed by atoms with E-state index in [1.165, 1.54) is 16.7 Å². The summed E-state index contributed by atoms with van der Waals surface area (Å²) in [6.45, 7) is 8.91. The molecule has 2 aromatic rings. The van der Waals surface area contributed by atoms with Crippen molar-refractivity contribution < 1.29 is 9.72 Å². The van der Waals surface area contributed by atoms with Gasteiger partial charge in [-0.25, -0.2) is 0 Å². The van der Waals surface area contributed by atoms with Gasteiger partial charge in [-0.1, -0.05) is 24.6 Å². The number of nitrogens with zero attached hydrogens (tertiary/aromatic N) is 4. The highest BCUT2D eigenvalue weighted by Gasteiger charge is 2.33. The van der Waals surface area contributed by atoms with E-state index in [-0.39, 0.29) is 22.6 Å². The van der Waals surface area contributed by atoms with Gasteiger partial charge in [0.1, 0.15) is 0 Å². The van der Waals surface area contributed by atoms with Crippen molar-refractivity contribution in [1.29, 1.82) is 0 Å². The minimum absolute atomic E-state index is 0.0451. The second-order valence-corrected chi connectivity index (χ2v) is 8.99. The molecule has 0 spiro atoms. The standard InChI is InChI=1S/C25H32N4O3/c1-19-6-7-21(17-20(19)2)18-28-12-4-3-5-24(28)25(30)27-15-13-26(14-16-27)22-8-10-23(11-9-22)29(31)32/h6-11,17,24H,3-5,12-16,18H2,1-2H3. The number of nitro benzene ring substituents is 1. The van der Waals surface area contributed by atoms with Crippen molar-refractivity contribution in [2.45, 2.75) is 45.7 Å². The predicted molar refractivity (Wildman–Crippen MR) is 126 cm³/mol. The molecule has 1 amide bonds. The average molecular weight is 437 g/mol. The number of aryl methyl sites for hydroxylation is 2. The molecule has 1 atom stereocenters. The topological polar surface area (TPSA) is 69.9 Å². The monoisotopic (exact) mass is 436 g/mol. The Kier molecular flexibility index (Phi) is 6.74. The summed E-state index contributed by atoms with van der Waals surface area (Å²) in [4.78, 5) is 30.5. The predicted octanol–water partition coefficient (Wildman–Crippen LogP) is 3.91. The summed E-state index contributed by atoms with van der Waals surface area (Å²) >= 11 is 0. The van der Waals surface area contributed by atoms with Crippen molar-refractivity contribution in [3.05, 3.63) is 69.3 Å². The van der Waals surface area contributed by atoms with Gasteiger partial charge in [-0.05, 0) is 62.1 Å². The van der Waals surface area contributed by atoms with Crippen LogP contribution >= 0.6 is 0 Å². The normalized spacial score (nSPS) is 19.8. The Hall–Kier alpha value is -2.93. The van der Waals surface area contributed by atoms with E-state index in [2.05, 4.69) is 41.8 Å². The van der Waals surface area contributed by atoms with Crippen molar-refractivity contribution in [1.82, 2.24) is 9.80 Å². The van der Waals surface area contributed by atoms with Crippen LogP contribution in [0.4, 0.5) is 11.4 Å². The first kappa shape index (κ1) is 22.3. The van der Waals surface area contributed by atoms with Crippen LogP contribution in [0.3, 0.4) is 0 Å². The number of piperazine rings is 1. The summed E-state index contributed by atoms with van der Waals surface area (Å²) in [5.74, 6) is 0.247. The molecule has 0 aliphatic carbocycles. The zero-order chi connectivity index (χ0) is 22.7. The van der Waals surface area contributed by atoms with E-state index >= 15 is 0 Å². The second-order valence-electron chi connectivity index (χ2n) is 8.99. The van der Waals surface area contributed by atoms with E-state index in [0.717, 1.165) is 51.1 Å². The van der Waals surface area contributed by atoms with Gasteiger partial charge in [-0.2, -0.15) is 0 Å². The highest BCUT2D eigenvalue weighted by Crippen LogP contribution is 2.25. The van der Waals surface area contributed by atoms with Crippen LogP contribution in [0.2, 0.25) is 0 Å². The number of nitro groups is 1. The lowest BCUT2D eigenvalue weighted by atomic mass is 9.98. The Bertz CT molecular complexity index is 968. The first-order valence-corrected chi connectivity index (χ1v) is 11.5. The fourth-order valence-corrected chi connectivity index (χ4v) is 4.78. The molecule has 7 nitrogen and oxygen atoms in total. The number of amides is 1. The highest BCUT2D eigenvalue weighted by atomic mass is 16.6. The molecule has 0 aromatic heterocycles. The molecule has 2 aliphatic rings. The maximum absolute atomic E-state index is 13.4. The Balaban J connectivity index is 1.37.